The van der Waals surface area contributed by atoms with Crippen LogP contribution in [0.4, 0.5) is 13.2 Å². The summed E-state index contributed by atoms with van der Waals surface area (Å²) >= 11 is 0. The van der Waals surface area contributed by atoms with Crippen molar-refractivity contribution in [2.75, 3.05) is 19.7 Å². The minimum absolute atomic E-state index is 0.0378. The molecule has 160 valence electrons. The fourth-order valence-electron chi connectivity index (χ4n) is 4.15. The van der Waals surface area contributed by atoms with E-state index in [1.165, 1.54) is 0 Å². The quantitative estimate of drug-likeness (QED) is 0.547. The normalized spacial score (nSPS) is 25.8. The van der Waals surface area contributed by atoms with Crippen molar-refractivity contribution in [3.63, 3.8) is 0 Å². The van der Waals surface area contributed by atoms with Crippen molar-refractivity contribution in [3.05, 3.63) is 29.6 Å². The van der Waals surface area contributed by atoms with Crippen molar-refractivity contribution in [2.45, 2.75) is 44.2 Å². The van der Waals surface area contributed by atoms with Gasteiger partial charge in [0.2, 0.25) is 5.91 Å². The molecule has 1 amide bonds. The lowest BCUT2D eigenvalue weighted by molar-refractivity contribution is -0.145. The highest BCUT2D eigenvalue weighted by molar-refractivity contribution is 5.80. The highest BCUT2D eigenvalue weighted by Crippen LogP contribution is 2.38. The topological polar surface area (TPSA) is 81.9 Å². The van der Waals surface area contributed by atoms with E-state index in [0.717, 1.165) is 0 Å². The number of carbonyl (C=O) groups excluding carboxylic acids is 2. The number of carbonyl (C=O) groups is 2. The standard InChI is InChI=1S/C20H25F3N2O4/c1-12(29-18-7-16(22)15(21)6-17(18)23)13-2-4-25(5-3-13)19(27)14-8-20(24,9-14)10-28-11-26/h6-7,11-14H,2-5,8-10,24H2,1H3. The summed E-state index contributed by atoms with van der Waals surface area (Å²) < 4.78 is 50.4. The Kier molecular flexibility index (Phi) is 6.36. The Balaban J connectivity index is 1.47. The Morgan fingerprint density at radius 1 is 1.24 bits per heavy atom. The van der Waals surface area contributed by atoms with Crippen LogP contribution in [0.5, 0.6) is 5.75 Å². The summed E-state index contributed by atoms with van der Waals surface area (Å²) in [5.74, 6) is -3.76. The van der Waals surface area contributed by atoms with Gasteiger partial charge in [-0.3, -0.25) is 9.59 Å². The summed E-state index contributed by atoms with van der Waals surface area (Å²) in [6.07, 6.45) is 1.87. The molecule has 1 aliphatic heterocycles. The maximum atomic E-state index is 13.8. The molecule has 1 aromatic rings. The molecule has 1 saturated carbocycles. The molecule has 2 aliphatic rings. The SMILES string of the molecule is CC(Oc1cc(F)c(F)cc1F)C1CCN(C(=O)C2CC(N)(COC=O)C2)CC1. The van der Waals surface area contributed by atoms with E-state index in [4.69, 9.17) is 15.2 Å². The molecule has 2 fully saturated rings. The molecular weight excluding hydrogens is 389 g/mol. The summed E-state index contributed by atoms with van der Waals surface area (Å²) in [6.45, 7) is 3.29. The van der Waals surface area contributed by atoms with E-state index in [0.29, 0.717) is 57.4 Å². The van der Waals surface area contributed by atoms with E-state index in [1.54, 1.807) is 11.8 Å². The predicted octanol–water partition coefficient (Wildman–Crippen LogP) is 2.39. The minimum atomic E-state index is -1.26. The van der Waals surface area contributed by atoms with E-state index in [9.17, 15) is 22.8 Å². The molecule has 2 N–H and O–H groups in total. The van der Waals surface area contributed by atoms with Gasteiger partial charge in [-0.1, -0.05) is 0 Å². The van der Waals surface area contributed by atoms with Crippen LogP contribution in [-0.4, -0.2) is 48.6 Å². The maximum absolute atomic E-state index is 13.8. The number of rotatable bonds is 7. The fourth-order valence-corrected chi connectivity index (χ4v) is 4.15. The maximum Gasteiger partial charge on any atom is 0.293 e. The fraction of sp³-hybridized carbons (Fsp3) is 0.600. The third-order valence-corrected chi connectivity index (χ3v) is 5.90. The second-order valence-electron chi connectivity index (χ2n) is 8.06. The molecule has 0 radical (unpaired) electrons. The first-order valence-corrected chi connectivity index (χ1v) is 9.66. The Hall–Kier alpha value is -2.29. The van der Waals surface area contributed by atoms with E-state index >= 15 is 0 Å². The van der Waals surface area contributed by atoms with Gasteiger partial charge in [-0.15, -0.1) is 0 Å². The van der Waals surface area contributed by atoms with Gasteiger partial charge in [0.25, 0.3) is 6.47 Å². The average Bonchev–Trinajstić information content (AvgIpc) is 2.68. The first-order chi connectivity index (χ1) is 13.7. The Morgan fingerprint density at radius 3 is 2.48 bits per heavy atom. The molecule has 0 aromatic heterocycles. The van der Waals surface area contributed by atoms with Gasteiger partial charge in [-0.2, -0.15) is 0 Å². The molecule has 1 saturated heterocycles. The van der Waals surface area contributed by atoms with Gasteiger partial charge in [0.05, 0.1) is 11.6 Å². The number of likely N-dealkylation sites (tertiary alicyclic amines) is 1. The molecule has 0 bridgehead atoms. The number of nitrogens with two attached hydrogens (primary N) is 1. The van der Waals surface area contributed by atoms with Crippen molar-refractivity contribution in [2.24, 2.45) is 17.6 Å². The summed E-state index contributed by atoms with van der Waals surface area (Å²) in [5.41, 5.74) is 5.43. The Labute approximate surface area is 167 Å². The van der Waals surface area contributed by atoms with Crippen LogP contribution in [0, 0.1) is 29.3 Å². The number of amides is 1. The van der Waals surface area contributed by atoms with Gasteiger partial charge >= 0.3 is 0 Å². The smallest absolute Gasteiger partial charge is 0.293 e. The van der Waals surface area contributed by atoms with Gasteiger partial charge in [0.1, 0.15) is 6.61 Å². The molecule has 29 heavy (non-hydrogen) atoms. The summed E-state index contributed by atoms with van der Waals surface area (Å²) in [4.78, 5) is 24.7. The third-order valence-electron chi connectivity index (χ3n) is 5.90. The van der Waals surface area contributed by atoms with E-state index in [2.05, 4.69) is 0 Å². The van der Waals surface area contributed by atoms with Crippen molar-refractivity contribution in [1.82, 2.24) is 4.90 Å². The number of hydrogen-bond acceptors (Lipinski definition) is 5. The van der Waals surface area contributed by atoms with Crippen LogP contribution < -0.4 is 10.5 Å². The summed E-state index contributed by atoms with van der Waals surface area (Å²) in [6, 6.07) is 1.18. The lowest BCUT2D eigenvalue weighted by Gasteiger charge is -2.46. The van der Waals surface area contributed by atoms with Crippen LogP contribution >= 0.6 is 0 Å². The number of ether oxygens (including phenoxy) is 2. The molecule has 1 unspecified atom stereocenters. The monoisotopic (exact) mass is 414 g/mol. The van der Waals surface area contributed by atoms with E-state index < -0.39 is 29.1 Å². The highest BCUT2D eigenvalue weighted by atomic mass is 19.2. The second-order valence-corrected chi connectivity index (χ2v) is 8.06. The minimum Gasteiger partial charge on any atom is -0.487 e. The molecular formula is C20H25F3N2O4. The van der Waals surface area contributed by atoms with Crippen LogP contribution in [0.3, 0.4) is 0 Å². The van der Waals surface area contributed by atoms with Gasteiger partial charge in [-0.25, -0.2) is 13.2 Å². The molecule has 1 atom stereocenters. The third kappa shape index (κ3) is 4.83. The Morgan fingerprint density at radius 2 is 1.86 bits per heavy atom. The van der Waals surface area contributed by atoms with E-state index in [1.807, 2.05) is 0 Å². The highest BCUT2D eigenvalue weighted by Gasteiger charge is 2.46. The van der Waals surface area contributed by atoms with Crippen molar-refractivity contribution in [3.8, 4) is 5.75 Å². The van der Waals surface area contributed by atoms with Crippen LogP contribution in [0.1, 0.15) is 32.6 Å². The zero-order chi connectivity index (χ0) is 21.2. The van der Waals surface area contributed by atoms with Crippen molar-refractivity contribution in [1.29, 1.82) is 0 Å². The van der Waals surface area contributed by atoms with Gasteiger partial charge in [0, 0.05) is 31.1 Å². The number of benzene rings is 1. The lowest BCUT2D eigenvalue weighted by atomic mass is 9.68. The zero-order valence-electron chi connectivity index (χ0n) is 16.2. The van der Waals surface area contributed by atoms with Crippen molar-refractivity contribution >= 4 is 12.4 Å². The largest absolute Gasteiger partial charge is 0.487 e. The first kappa shape index (κ1) is 21.4. The van der Waals surface area contributed by atoms with Crippen LogP contribution in [-0.2, 0) is 14.3 Å². The molecule has 0 spiro atoms. The van der Waals surface area contributed by atoms with Crippen LogP contribution in [0.2, 0.25) is 0 Å². The average molecular weight is 414 g/mol. The lowest BCUT2D eigenvalue weighted by Crippen LogP contribution is -2.59. The zero-order valence-corrected chi connectivity index (χ0v) is 16.2. The molecule has 1 aliphatic carbocycles. The molecule has 9 heteroatoms. The second kappa shape index (κ2) is 8.61. The van der Waals surface area contributed by atoms with E-state index in [-0.39, 0.29) is 30.1 Å². The van der Waals surface area contributed by atoms with Crippen molar-refractivity contribution < 1.29 is 32.2 Å². The van der Waals surface area contributed by atoms with Crippen LogP contribution in [0.15, 0.2) is 12.1 Å². The number of hydrogen-bond donors (Lipinski definition) is 1. The van der Waals surface area contributed by atoms with Gasteiger partial charge in [-0.05, 0) is 38.5 Å². The first-order valence-electron chi connectivity index (χ1n) is 9.66. The molecule has 1 aromatic carbocycles. The predicted molar refractivity (Wildman–Crippen MR) is 97.4 cm³/mol. The van der Waals surface area contributed by atoms with Crippen LogP contribution in [0.25, 0.3) is 0 Å². The Bertz CT molecular complexity index is 762. The molecule has 1 heterocycles. The van der Waals surface area contributed by atoms with Gasteiger partial charge in [0.15, 0.2) is 23.2 Å². The number of piperidine rings is 1. The molecule has 6 nitrogen and oxygen atoms in total. The summed E-state index contributed by atoms with van der Waals surface area (Å²) in [7, 11) is 0. The number of nitrogens with zero attached hydrogens (tertiary/aromatic N) is 1. The summed E-state index contributed by atoms with van der Waals surface area (Å²) in [5, 5.41) is 0. The number of halogens is 3. The molecule has 3 rings (SSSR count). The van der Waals surface area contributed by atoms with Gasteiger partial charge < -0.3 is 20.1 Å².